The number of nitrogens with one attached hydrogen (secondary N) is 1. The first-order valence-corrected chi connectivity index (χ1v) is 8.01. The average Bonchev–Trinajstić information content (AvgIpc) is 2.94. The zero-order valence-electron chi connectivity index (χ0n) is 12.0. The summed E-state index contributed by atoms with van der Waals surface area (Å²) in [5, 5.41) is 3.06. The molecule has 0 aromatic carbocycles. The zero-order chi connectivity index (χ0) is 16.4. The van der Waals surface area contributed by atoms with E-state index < -0.39 is 11.9 Å². The summed E-state index contributed by atoms with van der Waals surface area (Å²) < 4.78 is 6.48. The highest BCUT2D eigenvalue weighted by molar-refractivity contribution is 7.83. The van der Waals surface area contributed by atoms with Gasteiger partial charge >= 0.3 is 6.03 Å². The molecular weight excluding hydrogens is 336 g/mol. The number of nitrogens with two attached hydrogens (primary N) is 1. The van der Waals surface area contributed by atoms with Crippen LogP contribution in [0.3, 0.4) is 0 Å². The Bertz CT molecular complexity index is 748. The molecule has 3 N–H and O–H groups in total. The molecule has 23 heavy (non-hydrogen) atoms. The fourth-order valence-electron chi connectivity index (χ4n) is 2.33. The second kappa shape index (κ2) is 6.57. The van der Waals surface area contributed by atoms with Crippen LogP contribution in [0.4, 0.5) is 15.5 Å². The standard InChI is InChI=1S/C14H14N4O3S2/c15-12(19)11-9-3-5-21-7-10(9)23-13(11)18(22)14(20)17-8-2-1-4-16-6-8/h1-2,4,6,22H,3,5,7H2,(H2,15,19)(H,17,20). The van der Waals surface area contributed by atoms with E-state index in [-0.39, 0.29) is 0 Å². The predicted molar refractivity (Wildman–Crippen MR) is 90.9 cm³/mol. The van der Waals surface area contributed by atoms with Crippen molar-refractivity contribution >= 4 is 46.8 Å². The first kappa shape index (κ1) is 15.8. The normalized spacial score (nSPS) is 13.3. The summed E-state index contributed by atoms with van der Waals surface area (Å²) >= 11 is 5.52. The number of anilines is 2. The van der Waals surface area contributed by atoms with Crippen LogP contribution in [0.5, 0.6) is 0 Å². The van der Waals surface area contributed by atoms with Crippen LogP contribution in [0.2, 0.25) is 0 Å². The van der Waals surface area contributed by atoms with Crippen molar-refractivity contribution in [3.63, 3.8) is 0 Å². The Hall–Kier alpha value is -2.10. The molecule has 3 rings (SSSR count). The van der Waals surface area contributed by atoms with Crippen LogP contribution in [0.15, 0.2) is 24.5 Å². The number of carbonyl (C=O) groups excluding carboxylic acids is 2. The van der Waals surface area contributed by atoms with Gasteiger partial charge in [0.25, 0.3) is 5.91 Å². The third-order valence-corrected chi connectivity index (χ3v) is 5.05. The number of carbonyl (C=O) groups is 2. The van der Waals surface area contributed by atoms with Crippen molar-refractivity contribution < 1.29 is 14.3 Å². The second-order valence-corrected chi connectivity index (χ2v) is 6.32. The molecule has 3 heterocycles. The minimum absolute atomic E-state index is 0.338. The van der Waals surface area contributed by atoms with Crippen LogP contribution in [0.1, 0.15) is 20.8 Å². The number of primary amides is 1. The van der Waals surface area contributed by atoms with Gasteiger partial charge in [-0.15, -0.1) is 11.3 Å². The Balaban J connectivity index is 1.89. The molecule has 1 aliphatic heterocycles. The van der Waals surface area contributed by atoms with E-state index in [0.717, 1.165) is 14.7 Å². The molecule has 0 aliphatic carbocycles. The highest BCUT2D eigenvalue weighted by Crippen LogP contribution is 2.39. The lowest BCUT2D eigenvalue weighted by atomic mass is 10.1. The number of rotatable bonds is 3. The number of thiophene rings is 1. The summed E-state index contributed by atoms with van der Waals surface area (Å²) in [4.78, 5) is 29.0. The fourth-order valence-corrected chi connectivity index (χ4v) is 3.80. The number of pyridine rings is 1. The van der Waals surface area contributed by atoms with Crippen molar-refractivity contribution in [2.75, 3.05) is 16.2 Å². The summed E-state index contributed by atoms with van der Waals surface area (Å²) in [6.45, 7) is 0.935. The van der Waals surface area contributed by atoms with Gasteiger partial charge in [0, 0.05) is 11.1 Å². The topological polar surface area (TPSA) is 97.6 Å². The lowest BCUT2D eigenvalue weighted by Gasteiger charge is -2.16. The number of thiol groups is 1. The maximum absolute atomic E-state index is 12.3. The van der Waals surface area contributed by atoms with Gasteiger partial charge in [0.15, 0.2) is 0 Å². The van der Waals surface area contributed by atoms with E-state index in [0.29, 0.717) is 35.9 Å². The van der Waals surface area contributed by atoms with Gasteiger partial charge < -0.3 is 15.8 Å². The van der Waals surface area contributed by atoms with Crippen molar-refractivity contribution in [3.8, 4) is 0 Å². The van der Waals surface area contributed by atoms with E-state index in [1.807, 2.05) is 0 Å². The van der Waals surface area contributed by atoms with E-state index >= 15 is 0 Å². The second-order valence-electron chi connectivity index (χ2n) is 4.83. The van der Waals surface area contributed by atoms with Gasteiger partial charge in [0.05, 0.1) is 30.7 Å². The molecular formula is C14H14N4O3S2. The number of nitrogens with zero attached hydrogens (tertiary/aromatic N) is 2. The van der Waals surface area contributed by atoms with Gasteiger partial charge in [-0.1, -0.05) is 12.8 Å². The largest absolute Gasteiger partial charge is 0.376 e. The SMILES string of the molecule is NC(=O)c1c(N(S)C(=O)Nc2cccnc2)sc2c1CCOC2. The van der Waals surface area contributed by atoms with Crippen molar-refractivity contribution in [3.05, 3.63) is 40.5 Å². The number of fused-ring (bicyclic) bond motifs is 1. The summed E-state index contributed by atoms with van der Waals surface area (Å²) in [7, 11) is 0. The van der Waals surface area contributed by atoms with Crippen molar-refractivity contribution in [2.24, 2.45) is 5.73 Å². The van der Waals surface area contributed by atoms with E-state index in [9.17, 15) is 9.59 Å². The molecule has 0 radical (unpaired) electrons. The van der Waals surface area contributed by atoms with Gasteiger partial charge in [-0.05, 0) is 24.1 Å². The van der Waals surface area contributed by atoms with Gasteiger partial charge in [0.2, 0.25) is 0 Å². The van der Waals surface area contributed by atoms with Crippen molar-refractivity contribution in [1.82, 2.24) is 4.98 Å². The molecule has 0 saturated heterocycles. The molecule has 2 aromatic heterocycles. The number of amides is 3. The highest BCUT2D eigenvalue weighted by atomic mass is 32.1. The zero-order valence-corrected chi connectivity index (χ0v) is 13.7. The van der Waals surface area contributed by atoms with Crippen LogP contribution >= 0.6 is 24.2 Å². The molecule has 1 aliphatic rings. The first-order valence-electron chi connectivity index (χ1n) is 6.80. The molecule has 0 spiro atoms. The van der Waals surface area contributed by atoms with Crippen molar-refractivity contribution in [2.45, 2.75) is 13.0 Å². The Morgan fingerprint density at radius 3 is 3.00 bits per heavy atom. The monoisotopic (exact) mass is 350 g/mol. The average molecular weight is 350 g/mol. The van der Waals surface area contributed by atoms with E-state index in [1.54, 1.807) is 18.3 Å². The molecule has 2 aromatic rings. The maximum Gasteiger partial charge on any atom is 0.337 e. The molecule has 120 valence electrons. The van der Waals surface area contributed by atoms with Crippen LogP contribution in [-0.2, 0) is 17.8 Å². The van der Waals surface area contributed by atoms with Gasteiger partial charge in [-0.2, -0.15) is 0 Å². The Morgan fingerprint density at radius 2 is 2.30 bits per heavy atom. The molecule has 0 fully saturated rings. The molecule has 3 amide bonds. The van der Waals surface area contributed by atoms with Crippen LogP contribution in [-0.4, -0.2) is 23.5 Å². The van der Waals surface area contributed by atoms with Crippen LogP contribution in [0.25, 0.3) is 0 Å². The lowest BCUT2D eigenvalue weighted by molar-refractivity contribution is 0.0991. The number of urea groups is 1. The fraction of sp³-hybridized carbons (Fsp3) is 0.214. The van der Waals surface area contributed by atoms with E-state index in [1.165, 1.54) is 17.5 Å². The third-order valence-electron chi connectivity index (χ3n) is 3.35. The van der Waals surface area contributed by atoms with Gasteiger partial charge in [-0.25, -0.2) is 9.10 Å². The van der Waals surface area contributed by atoms with E-state index in [4.69, 9.17) is 10.5 Å². The van der Waals surface area contributed by atoms with E-state index in [2.05, 4.69) is 23.1 Å². The molecule has 9 heteroatoms. The smallest absolute Gasteiger partial charge is 0.337 e. The molecule has 0 unspecified atom stereocenters. The minimum Gasteiger partial charge on any atom is -0.376 e. The number of aromatic nitrogens is 1. The highest BCUT2D eigenvalue weighted by Gasteiger charge is 2.28. The van der Waals surface area contributed by atoms with Gasteiger partial charge in [-0.3, -0.25) is 9.78 Å². The summed E-state index contributed by atoms with van der Waals surface area (Å²) in [6, 6.07) is 2.91. The first-order chi connectivity index (χ1) is 11.1. The molecule has 7 nitrogen and oxygen atoms in total. The lowest BCUT2D eigenvalue weighted by Crippen LogP contribution is -2.28. The number of ether oxygens (including phenoxy) is 1. The summed E-state index contributed by atoms with van der Waals surface area (Å²) in [5.74, 6) is -0.576. The molecule has 0 saturated carbocycles. The molecule has 0 atom stereocenters. The predicted octanol–water partition coefficient (Wildman–Crippen LogP) is 2.20. The van der Waals surface area contributed by atoms with Gasteiger partial charge in [0.1, 0.15) is 5.00 Å². The third kappa shape index (κ3) is 3.16. The number of hydrogen-bond donors (Lipinski definition) is 3. The van der Waals surface area contributed by atoms with Crippen molar-refractivity contribution in [1.29, 1.82) is 0 Å². The molecule has 0 bridgehead atoms. The van der Waals surface area contributed by atoms with Crippen LogP contribution < -0.4 is 15.4 Å². The Kier molecular flexibility index (Phi) is 4.51. The Morgan fingerprint density at radius 1 is 1.48 bits per heavy atom. The number of hydrogen-bond acceptors (Lipinski definition) is 6. The minimum atomic E-state index is -0.576. The maximum atomic E-state index is 12.3. The summed E-state index contributed by atoms with van der Waals surface area (Å²) in [6.07, 6.45) is 3.71. The Labute approximate surface area is 142 Å². The van der Waals surface area contributed by atoms with Crippen LogP contribution in [0, 0.1) is 0 Å². The quantitative estimate of drug-likeness (QED) is 0.739. The summed E-state index contributed by atoms with van der Waals surface area (Å²) in [5.41, 5.74) is 7.21.